The molecule has 4 rings (SSSR count). The largest absolute Gasteiger partial charge is 0.459 e. The van der Waals surface area contributed by atoms with Gasteiger partial charge in [0.1, 0.15) is 17.5 Å². The van der Waals surface area contributed by atoms with Crippen LogP contribution in [0.5, 0.6) is 0 Å². The number of aromatic nitrogens is 1. The van der Waals surface area contributed by atoms with E-state index in [2.05, 4.69) is 4.90 Å². The number of hydrogen-bond acceptors (Lipinski definition) is 5. The molecule has 2 aromatic rings. The second-order valence-electron chi connectivity index (χ2n) is 8.64. The molecule has 0 aliphatic carbocycles. The molecule has 1 aromatic heterocycles. The molecule has 0 radical (unpaired) electrons. The van der Waals surface area contributed by atoms with E-state index in [9.17, 15) is 14.4 Å². The molecule has 2 saturated heterocycles. The van der Waals surface area contributed by atoms with Crippen LogP contribution in [0.2, 0.25) is 0 Å². The lowest BCUT2D eigenvalue weighted by atomic mass is 9.99. The molecule has 2 unspecified atom stereocenters. The van der Waals surface area contributed by atoms with Crippen LogP contribution in [0.4, 0.5) is 0 Å². The Hall–Kier alpha value is -2.47. The van der Waals surface area contributed by atoms with Gasteiger partial charge in [-0.15, -0.1) is 0 Å². The number of ether oxygens (including phenoxy) is 1. The van der Waals surface area contributed by atoms with Crippen molar-refractivity contribution in [3.8, 4) is 0 Å². The van der Waals surface area contributed by atoms with Crippen molar-refractivity contribution in [2.45, 2.75) is 70.7 Å². The lowest BCUT2D eigenvalue weighted by Crippen LogP contribution is -2.47. The minimum Gasteiger partial charge on any atom is -0.459 e. The van der Waals surface area contributed by atoms with E-state index < -0.39 is 5.97 Å². The van der Waals surface area contributed by atoms with Crippen molar-refractivity contribution in [3.63, 3.8) is 0 Å². The number of esters is 1. The fourth-order valence-electron chi connectivity index (χ4n) is 4.99. The van der Waals surface area contributed by atoms with Crippen molar-refractivity contribution in [1.82, 2.24) is 9.47 Å². The average molecular weight is 396 g/mol. The van der Waals surface area contributed by atoms with Crippen molar-refractivity contribution in [3.05, 3.63) is 46.2 Å². The SMILES string of the molecule is CC(=O)CN1C2CCC1CC(OC(=O)c1cc3ccccc3n(C(C)C)c1=O)C2. The topological polar surface area (TPSA) is 68.6 Å². The van der Waals surface area contributed by atoms with Crippen LogP contribution < -0.4 is 5.56 Å². The van der Waals surface area contributed by atoms with Crippen LogP contribution >= 0.6 is 0 Å². The average Bonchev–Trinajstić information content (AvgIpc) is 2.88. The molecule has 29 heavy (non-hydrogen) atoms. The van der Waals surface area contributed by atoms with E-state index in [-0.39, 0.29) is 41.1 Å². The van der Waals surface area contributed by atoms with Gasteiger partial charge in [-0.3, -0.25) is 14.5 Å². The third-order valence-corrected chi connectivity index (χ3v) is 6.20. The molecule has 3 heterocycles. The third-order valence-electron chi connectivity index (χ3n) is 6.20. The molecule has 2 fully saturated rings. The normalized spacial score (nSPS) is 24.2. The van der Waals surface area contributed by atoms with Gasteiger partial charge in [0, 0.05) is 31.0 Å². The summed E-state index contributed by atoms with van der Waals surface area (Å²) in [7, 11) is 0. The molecule has 2 aliphatic rings. The number of carbonyl (C=O) groups is 2. The number of fused-ring (bicyclic) bond motifs is 3. The van der Waals surface area contributed by atoms with E-state index in [0.717, 1.165) is 36.6 Å². The molecule has 0 amide bonds. The number of hydrogen-bond donors (Lipinski definition) is 0. The van der Waals surface area contributed by atoms with Crippen molar-refractivity contribution in [2.75, 3.05) is 6.54 Å². The van der Waals surface area contributed by atoms with Gasteiger partial charge in [0.2, 0.25) is 0 Å². The first-order chi connectivity index (χ1) is 13.8. The molecule has 0 saturated carbocycles. The highest BCUT2D eigenvalue weighted by Crippen LogP contribution is 2.37. The minimum absolute atomic E-state index is 0.0641. The monoisotopic (exact) mass is 396 g/mol. The fourth-order valence-corrected chi connectivity index (χ4v) is 4.99. The second kappa shape index (κ2) is 7.75. The van der Waals surface area contributed by atoms with E-state index in [4.69, 9.17) is 4.74 Å². The van der Waals surface area contributed by atoms with Gasteiger partial charge in [-0.1, -0.05) is 18.2 Å². The molecule has 0 N–H and O–H groups in total. The van der Waals surface area contributed by atoms with Crippen LogP contribution in [0.25, 0.3) is 10.9 Å². The summed E-state index contributed by atoms with van der Waals surface area (Å²) in [5.41, 5.74) is 0.608. The molecular formula is C23H28N2O4. The van der Waals surface area contributed by atoms with E-state index in [1.54, 1.807) is 17.6 Å². The zero-order chi connectivity index (χ0) is 20.7. The maximum absolute atomic E-state index is 13.0. The first-order valence-electron chi connectivity index (χ1n) is 10.5. The van der Waals surface area contributed by atoms with Gasteiger partial charge in [0.05, 0.1) is 12.1 Å². The fraction of sp³-hybridized carbons (Fsp3) is 0.522. The van der Waals surface area contributed by atoms with Gasteiger partial charge < -0.3 is 9.30 Å². The van der Waals surface area contributed by atoms with E-state index >= 15 is 0 Å². The maximum Gasteiger partial charge on any atom is 0.344 e. The van der Waals surface area contributed by atoms with Gasteiger partial charge in [0.15, 0.2) is 0 Å². The van der Waals surface area contributed by atoms with Crippen LogP contribution in [0.3, 0.4) is 0 Å². The summed E-state index contributed by atoms with van der Waals surface area (Å²) in [6, 6.07) is 9.74. The number of carbonyl (C=O) groups excluding carboxylic acids is 2. The number of nitrogens with zero attached hydrogens (tertiary/aromatic N) is 2. The van der Waals surface area contributed by atoms with Gasteiger partial charge >= 0.3 is 5.97 Å². The molecular weight excluding hydrogens is 368 g/mol. The van der Waals surface area contributed by atoms with Gasteiger partial charge in [-0.2, -0.15) is 0 Å². The van der Waals surface area contributed by atoms with Crippen LogP contribution in [0.1, 0.15) is 62.9 Å². The quantitative estimate of drug-likeness (QED) is 0.725. The number of ketones is 1. The summed E-state index contributed by atoms with van der Waals surface area (Å²) >= 11 is 0. The first-order valence-corrected chi connectivity index (χ1v) is 10.5. The van der Waals surface area contributed by atoms with Gasteiger partial charge in [0.25, 0.3) is 5.56 Å². The van der Waals surface area contributed by atoms with Crippen molar-refractivity contribution in [2.24, 2.45) is 0 Å². The molecule has 6 heteroatoms. The summed E-state index contributed by atoms with van der Waals surface area (Å²) in [6.07, 6.45) is 3.30. The van der Waals surface area contributed by atoms with Crippen LogP contribution in [0, 0.1) is 0 Å². The molecule has 2 aliphatic heterocycles. The first kappa shape index (κ1) is 19.8. The molecule has 2 atom stereocenters. The molecule has 1 aromatic carbocycles. The Morgan fingerprint density at radius 2 is 1.79 bits per heavy atom. The Morgan fingerprint density at radius 1 is 1.14 bits per heavy atom. The number of rotatable bonds is 5. The van der Waals surface area contributed by atoms with E-state index in [1.807, 2.05) is 38.1 Å². The number of Topliss-reactive ketones (excluding diaryl/α,β-unsaturated/α-hetero) is 1. The third kappa shape index (κ3) is 3.73. The summed E-state index contributed by atoms with van der Waals surface area (Å²) in [4.78, 5) is 39.8. The van der Waals surface area contributed by atoms with E-state index in [1.165, 1.54) is 0 Å². The van der Waals surface area contributed by atoms with Gasteiger partial charge in [-0.05, 0) is 51.1 Å². The molecule has 154 valence electrons. The summed E-state index contributed by atoms with van der Waals surface area (Å²) in [5.74, 6) is -0.373. The standard InChI is InChI=1S/C23H28N2O4/c1-14(2)25-21-7-5-4-6-16(21)10-20(22(25)27)23(28)29-19-11-17-8-9-18(12-19)24(17)13-15(3)26/h4-7,10,14,17-19H,8-9,11-13H2,1-3H3. The Morgan fingerprint density at radius 3 is 2.41 bits per heavy atom. The Labute approximate surface area is 170 Å². The predicted molar refractivity (Wildman–Crippen MR) is 111 cm³/mol. The van der Waals surface area contributed by atoms with Crippen molar-refractivity contribution in [1.29, 1.82) is 0 Å². The molecule has 6 nitrogen and oxygen atoms in total. The smallest absolute Gasteiger partial charge is 0.344 e. The lowest BCUT2D eigenvalue weighted by Gasteiger charge is -2.37. The number of benzene rings is 1. The highest BCUT2D eigenvalue weighted by Gasteiger charge is 2.42. The van der Waals surface area contributed by atoms with E-state index in [0.29, 0.717) is 6.54 Å². The van der Waals surface area contributed by atoms with Crippen molar-refractivity contribution >= 4 is 22.7 Å². The number of para-hydroxylation sites is 1. The molecule has 0 spiro atoms. The second-order valence-corrected chi connectivity index (χ2v) is 8.64. The lowest BCUT2D eigenvalue weighted by molar-refractivity contribution is -0.120. The van der Waals surface area contributed by atoms with Crippen LogP contribution in [0.15, 0.2) is 35.1 Å². The predicted octanol–water partition coefficient (Wildman–Crippen LogP) is 3.32. The summed E-state index contributed by atoms with van der Waals surface area (Å²) in [6.45, 7) is 5.96. The summed E-state index contributed by atoms with van der Waals surface area (Å²) in [5, 5.41) is 0.851. The van der Waals surface area contributed by atoms with Crippen LogP contribution in [-0.2, 0) is 9.53 Å². The zero-order valence-electron chi connectivity index (χ0n) is 17.3. The number of pyridine rings is 1. The Balaban J connectivity index is 1.57. The Kier molecular flexibility index (Phi) is 5.30. The van der Waals surface area contributed by atoms with Gasteiger partial charge in [-0.25, -0.2) is 4.79 Å². The molecule has 2 bridgehead atoms. The van der Waals surface area contributed by atoms with Crippen LogP contribution in [-0.4, -0.2) is 46.0 Å². The highest BCUT2D eigenvalue weighted by molar-refractivity contribution is 5.94. The highest BCUT2D eigenvalue weighted by atomic mass is 16.5. The van der Waals surface area contributed by atoms with Crippen molar-refractivity contribution < 1.29 is 14.3 Å². The number of piperidine rings is 1. The minimum atomic E-state index is -0.542. The summed E-state index contributed by atoms with van der Waals surface area (Å²) < 4.78 is 7.47. The maximum atomic E-state index is 13.0. The Bertz CT molecular complexity index is 996. The zero-order valence-corrected chi connectivity index (χ0v) is 17.3.